The molecule has 2 N–H and O–H groups in total. The maximum atomic E-state index is 12.0. The summed E-state index contributed by atoms with van der Waals surface area (Å²) in [6.45, 7) is 4.31. The molecule has 0 heterocycles. The van der Waals surface area contributed by atoms with Gasteiger partial charge < -0.3 is 24.8 Å². The van der Waals surface area contributed by atoms with Crippen molar-refractivity contribution in [3.63, 3.8) is 0 Å². The van der Waals surface area contributed by atoms with Crippen molar-refractivity contribution in [3.8, 4) is 5.75 Å². The zero-order valence-electron chi connectivity index (χ0n) is 19.4. The first-order chi connectivity index (χ1) is 16.4. The van der Waals surface area contributed by atoms with Gasteiger partial charge in [-0.3, -0.25) is 14.4 Å². The van der Waals surface area contributed by atoms with Crippen molar-refractivity contribution in [1.29, 1.82) is 0 Å². The van der Waals surface area contributed by atoms with E-state index in [2.05, 4.69) is 10.6 Å². The van der Waals surface area contributed by atoms with Crippen LogP contribution in [0.5, 0.6) is 5.75 Å². The van der Waals surface area contributed by atoms with Crippen LogP contribution in [0.25, 0.3) is 0 Å². The molecule has 0 saturated carbocycles. The molecule has 2 aromatic carbocycles. The molecule has 0 radical (unpaired) electrons. The van der Waals surface area contributed by atoms with Crippen LogP contribution < -0.4 is 15.4 Å². The van der Waals surface area contributed by atoms with Gasteiger partial charge in [-0.1, -0.05) is 13.3 Å². The Morgan fingerprint density at radius 2 is 1.38 bits per heavy atom. The Kier molecular flexibility index (Phi) is 11.1. The van der Waals surface area contributed by atoms with E-state index in [0.29, 0.717) is 35.9 Å². The third kappa shape index (κ3) is 9.72. The number of rotatable bonds is 13. The standard InChI is InChI=1S/C25H30N2O7/c1-3-5-16-33-25(31)18-6-8-19(9-7-18)27-23(29)17-34-24(30)15-14-22(28)26-20-10-12-21(13-11-20)32-4-2/h6-13H,3-5,14-17H2,1-2H3,(H,26,28)(H,27,29). The monoisotopic (exact) mass is 470 g/mol. The Morgan fingerprint density at radius 3 is 2.00 bits per heavy atom. The normalized spacial score (nSPS) is 10.2. The number of esters is 2. The first-order valence-corrected chi connectivity index (χ1v) is 11.2. The van der Waals surface area contributed by atoms with Crippen molar-refractivity contribution in [2.75, 3.05) is 30.5 Å². The van der Waals surface area contributed by atoms with Gasteiger partial charge >= 0.3 is 11.9 Å². The molecule has 0 aromatic heterocycles. The van der Waals surface area contributed by atoms with Crippen molar-refractivity contribution in [2.24, 2.45) is 0 Å². The van der Waals surface area contributed by atoms with Crippen LogP contribution in [0.1, 0.15) is 49.9 Å². The van der Waals surface area contributed by atoms with Crippen LogP contribution in [0.4, 0.5) is 11.4 Å². The average molecular weight is 471 g/mol. The van der Waals surface area contributed by atoms with E-state index in [1.807, 2.05) is 13.8 Å². The van der Waals surface area contributed by atoms with Gasteiger partial charge in [-0.2, -0.15) is 0 Å². The summed E-state index contributed by atoms with van der Waals surface area (Å²) in [7, 11) is 0. The molecule has 34 heavy (non-hydrogen) atoms. The molecule has 2 rings (SSSR count). The van der Waals surface area contributed by atoms with Crippen LogP contribution in [0.2, 0.25) is 0 Å². The van der Waals surface area contributed by atoms with E-state index in [9.17, 15) is 19.2 Å². The van der Waals surface area contributed by atoms with E-state index in [1.165, 1.54) is 0 Å². The number of amides is 2. The molecule has 9 nitrogen and oxygen atoms in total. The lowest BCUT2D eigenvalue weighted by Gasteiger charge is -2.08. The molecular weight excluding hydrogens is 440 g/mol. The highest BCUT2D eigenvalue weighted by molar-refractivity contribution is 5.95. The van der Waals surface area contributed by atoms with Gasteiger partial charge in [0.2, 0.25) is 5.91 Å². The Balaban J connectivity index is 1.66. The van der Waals surface area contributed by atoms with Crippen LogP contribution in [-0.4, -0.2) is 43.6 Å². The summed E-state index contributed by atoms with van der Waals surface area (Å²) in [5.74, 6) is -1.28. The summed E-state index contributed by atoms with van der Waals surface area (Å²) in [5.41, 5.74) is 1.41. The minimum absolute atomic E-state index is 0.0799. The lowest BCUT2D eigenvalue weighted by Crippen LogP contribution is -2.21. The van der Waals surface area contributed by atoms with Crippen LogP contribution in [0.3, 0.4) is 0 Å². The van der Waals surface area contributed by atoms with Gasteiger partial charge in [0.1, 0.15) is 5.75 Å². The second-order valence-corrected chi connectivity index (χ2v) is 7.28. The van der Waals surface area contributed by atoms with E-state index in [4.69, 9.17) is 14.2 Å². The van der Waals surface area contributed by atoms with Gasteiger partial charge in [0.15, 0.2) is 6.61 Å². The minimum Gasteiger partial charge on any atom is -0.494 e. The molecule has 182 valence electrons. The first kappa shape index (κ1) is 26.4. The largest absolute Gasteiger partial charge is 0.494 e. The zero-order chi connectivity index (χ0) is 24.8. The van der Waals surface area contributed by atoms with E-state index in [1.54, 1.807) is 48.5 Å². The molecule has 9 heteroatoms. The summed E-state index contributed by atoms with van der Waals surface area (Å²) in [4.78, 5) is 47.7. The topological polar surface area (TPSA) is 120 Å². The maximum Gasteiger partial charge on any atom is 0.338 e. The molecule has 2 amide bonds. The van der Waals surface area contributed by atoms with Gasteiger partial charge in [0, 0.05) is 17.8 Å². The third-order valence-electron chi connectivity index (χ3n) is 4.50. The fourth-order valence-corrected chi connectivity index (χ4v) is 2.74. The number of unbranched alkanes of at least 4 members (excludes halogenated alkanes) is 1. The fraction of sp³-hybridized carbons (Fsp3) is 0.360. The SMILES string of the molecule is CCCCOC(=O)c1ccc(NC(=O)COC(=O)CCC(=O)Nc2ccc(OCC)cc2)cc1. The number of hydrogen-bond acceptors (Lipinski definition) is 7. The van der Waals surface area contributed by atoms with E-state index < -0.39 is 24.5 Å². The van der Waals surface area contributed by atoms with Gasteiger partial charge in [0.05, 0.1) is 25.2 Å². The number of ether oxygens (including phenoxy) is 3. The van der Waals surface area contributed by atoms with E-state index in [-0.39, 0.29) is 18.7 Å². The van der Waals surface area contributed by atoms with E-state index in [0.717, 1.165) is 12.8 Å². The summed E-state index contributed by atoms with van der Waals surface area (Å²) < 4.78 is 15.4. The van der Waals surface area contributed by atoms with Crippen LogP contribution in [-0.2, 0) is 23.9 Å². The molecular formula is C25H30N2O7. The molecule has 0 fully saturated rings. The molecule has 0 atom stereocenters. The third-order valence-corrected chi connectivity index (χ3v) is 4.50. The smallest absolute Gasteiger partial charge is 0.338 e. The molecule has 0 aliphatic rings. The first-order valence-electron chi connectivity index (χ1n) is 11.2. The van der Waals surface area contributed by atoms with Gasteiger partial charge in [-0.15, -0.1) is 0 Å². The molecule has 0 aliphatic carbocycles. The van der Waals surface area contributed by atoms with Crippen molar-refractivity contribution in [2.45, 2.75) is 39.5 Å². The number of anilines is 2. The van der Waals surface area contributed by atoms with Gasteiger partial charge in [-0.25, -0.2) is 4.79 Å². The highest BCUT2D eigenvalue weighted by Crippen LogP contribution is 2.16. The van der Waals surface area contributed by atoms with Crippen molar-refractivity contribution >= 4 is 35.1 Å². The Labute approximate surface area is 198 Å². The second-order valence-electron chi connectivity index (χ2n) is 7.28. The number of carbonyl (C=O) groups is 4. The van der Waals surface area contributed by atoms with Crippen LogP contribution >= 0.6 is 0 Å². The lowest BCUT2D eigenvalue weighted by molar-refractivity contribution is -0.147. The second kappa shape index (κ2) is 14.3. The molecule has 0 bridgehead atoms. The quantitative estimate of drug-likeness (QED) is 0.336. The highest BCUT2D eigenvalue weighted by Gasteiger charge is 2.12. The molecule has 0 saturated heterocycles. The predicted molar refractivity (Wildman–Crippen MR) is 127 cm³/mol. The summed E-state index contributed by atoms with van der Waals surface area (Å²) in [6, 6.07) is 13.1. The van der Waals surface area contributed by atoms with Gasteiger partial charge in [0.25, 0.3) is 5.91 Å². The van der Waals surface area contributed by atoms with E-state index >= 15 is 0 Å². The van der Waals surface area contributed by atoms with Crippen molar-refractivity contribution in [1.82, 2.24) is 0 Å². The number of benzene rings is 2. The zero-order valence-corrected chi connectivity index (χ0v) is 19.4. The molecule has 0 aliphatic heterocycles. The number of carbonyl (C=O) groups excluding carboxylic acids is 4. The maximum absolute atomic E-state index is 12.0. The average Bonchev–Trinajstić information content (AvgIpc) is 2.83. The molecule has 2 aromatic rings. The Bertz CT molecular complexity index is 956. The predicted octanol–water partition coefficient (Wildman–Crippen LogP) is 3.94. The number of nitrogens with one attached hydrogen (secondary N) is 2. The van der Waals surface area contributed by atoms with Crippen LogP contribution in [0, 0.1) is 0 Å². The lowest BCUT2D eigenvalue weighted by atomic mass is 10.2. The van der Waals surface area contributed by atoms with Crippen LogP contribution in [0.15, 0.2) is 48.5 Å². The molecule has 0 spiro atoms. The van der Waals surface area contributed by atoms with Crippen molar-refractivity contribution in [3.05, 3.63) is 54.1 Å². The summed E-state index contributed by atoms with van der Waals surface area (Å²) in [5, 5.41) is 5.25. The minimum atomic E-state index is -0.665. The summed E-state index contributed by atoms with van der Waals surface area (Å²) in [6.07, 6.45) is 1.49. The Morgan fingerprint density at radius 1 is 0.765 bits per heavy atom. The molecule has 0 unspecified atom stereocenters. The van der Waals surface area contributed by atoms with Gasteiger partial charge in [-0.05, 0) is 61.9 Å². The number of hydrogen-bond donors (Lipinski definition) is 2. The fourth-order valence-electron chi connectivity index (χ4n) is 2.74. The highest BCUT2D eigenvalue weighted by atomic mass is 16.5. The van der Waals surface area contributed by atoms with Crippen molar-refractivity contribution < 1.29 is 33.4 Å². The Hall–Kier alpha value is -3.88. The summed E-state index contributed by atoms with van der Waals surface area (Å²) >= 11 is 0.